The summed E-state index contributed by atoms with van der Waals surface area (Å²) in [5, 5.41) is 23.9. The van der Waals surface area contributed by atoms with Crippen molar-refractivity contribution in [3.8, 4) is 11.5 Å². The molecule has 3 amide bonds. The fraction of sp³-hybridized carbons (Fsp3) is 0.276. The molecule has 1 aliphatic rings. The van der Waals surface area contributed by atoms with Crippen LogP contribution >= 0.6 is 0 Å². The molecule has 0 unspecified atom stereocenters. The molecule has 222 valence electrons. The molecule has 1 saturated heterocycles. The van der Waals surface area contributed by atoms with Gasteiger partial charge in [0.2, 0.25) is 5.91 Å². The summed E-state index contributed by atoms with van der Waals surface area (Å²) < 4.78 is 34.5. The number of nitrogens with zero attached hydrogens (tertiary/aromatic N) is 1. The van der Waals surface area contributed by atoms with Crippen molar-refractivity contribution in [3.05, 3.63) is 84.4 Å². The Bertz CT molecular complexity index is 1490. The second kappa shape index (κ2) is 13.8. The number of carbonyl (C=O) groups is 3. The maximum Gasteiger partial charge on any atom is 0.407 e. The van der Waals surface area contributed by atoms with Gasteiger partial charge in [-0.3, -0.25) is 14.3 Å². The third-order valence-corrected chi connectivity index (χ3v) is 8.17. The average molecular weight is 597 g/mol. The van der Waals surface area contributed by atoms with Crippen molar-refractivity contribution in [3.63, 3.8) is 0 Å². The number of ether oxygens (including phenoxy) is 1. The Hall–Kier alpha value is -4.62. The van der Waals surface area contributed by atoms with E-state index in [1.54, 1.807) is 48.5 Å². The van der Waals surface area contributed by atoms with Gasteiger partial charge in [0.25, 0.3) is 15.9 Å². The van der Waals surface area contributed by atoms with E-state index >= 15 is 0 Å². The maximum absolute atomic E-state index is 13.1. The van der Waals surface area contributed by atoms with Crippen LogP contribution < -0.4 is 20.1 Å². The predicted octanol–water partition coefficient (Wildman–Crippen LogP) is 2.88. The number of carboxylic acid groups (broad SMARTS) is 1. The van der Waals surface area contributed by atoms with E-state index in [9.17, 15) is 27.9 Å². The second-order valence-corrected chi connectivity index (χ2v) is 11.4. The monoisotopic (exact) mass is 596 g/mol. The van der Waals surface area contributed by atoms with Gasteiger partial charge in [-0.25, -0.2) is 13.2 Å². The number of hydrogen-bond donors (Lipinski definition) is 5. The molecule has 0 aliphatic carbocycles. The van der Waals surface area contributed by atoms with Crippen LogP contribution in [-0.4, -0.2) is 73.7 Å². The van der Waals surface area contributed by atoms with Crippen LogP contribution in [0.2, 0.25) is 0 Å². The molecule has 1 fully saturated rings. The zero-order chi connectivity index (χ0) is 30.1. The number of amides is 3. The lowest BCUT2D eigenvalue weighted by Crippen LogP contribution is -2.50. The smallest absolute Gasteiger partial charge is 0.407 e. The van der Waals surface area contributed by atoms with Crippen LogP contribution in [-0.2, 0) is 14.8 Å². The summed E-state index contributed by atoms with van der Waals surface area (Å²) in [6.45, 7) is 0.407. The van der Waals surface area contributed by atoms with Gasteiger partial charge < -0.3 is 30.5 Å². The SMILES string of the molecule is O=C(N[C@@H](CO)C(=O)NCC1CCN(C(=O)O)CC1)c1ccc(S(=O)(=O)Nc2ccccc2Oc2ccccc2)cc1. The Morgan fingerprint density at radius 1 is 0.929 bits per heavy atom. The number of aliphatic hydroxyl groups is 1. The van der Waals surface area contributed by atoms with Crippen LogP contribution in [0, 0.1) is 5.92 Å². The van der Waals surface area contributed by atoms with Gasteiger partial charge in [-0.1, -0.05) is 30.3 Å². The van der Waals surface area contributed by atoms with Crippen molar-refractivity contribution >= 4 is 33.6 Å². The lowest BCUT2D eigenvalue weighted by atomic mass is 9.97. The number of hydrogen-bond acceptors (Lipinski definition) is 7. The van der Waals surface area contributed by atoms with E-state index in [4.69, 9.17) is 9.84 Å². The van der Waals surface area contributed by atoms with E-state index in [-0.39, 0.29) is 28.6 Å². The van der Waals surface area contributed by atoms with Crippen molar-refractivity contribution in [1.82, 2.24) is 15.5 Å². The van der Waals surface area contributed by atoms with Gasteiger partial charge in [0, 0.05) is 25.2 Å². The number of likely N-dealkylation sites (tertiary alicyclic amines) is 1. The minimum Gasteiger partial charge on any atom is -0.465 e. The van der Waals surface area contributed by atoms with Gasteiger partial charge in [0.05, 0.1) is 17.2 Å². The molecule has 13 heteroatoms. The number of piperidine rings is 1. The van der Waals surface area contributed by atoms with Crippen LogP contribution in [0.1, 0.15) is 23.2 Å². The molecule has 0 spiro atoms. The van der Waals surface area contributed by atoms with Crippen molar-refractivity contribution in [2.75, 3.05) is 31.0 Å². The molecule has 1 atom stereocenters. The molecular formula is C29H32N4O8S. The molecule has 42 heavy (non-hydrogen) atoms. The summed E-state index contributed by atoms with van der Waals surface area (Å²) in [7, 11) is -4.04. The molecule has 0 aromatic heterocycles. The third kappa shape index (κ3) is 7.98. The standard InChI is InChI=1S/C29H32N4O8S/c34-19-25(28(36)30-18-20-14-16-33(17-15-20)29(37)38)31-27(35)21-10-12-23(13-11-21)42(39,40)32-24-8-4-5-9-26(24)41-22-6-2-1-3-7-22/h1-13,20,25,32,34H,14-19H2,(H,30,36)(H,31,35)(H,37,38)/t25-/m0/s1. The fourth-order valence-corrected chi connectivity index (χ4v) is 5.45. The van der Waals surface area contributed by atoms with E-state index in [1.165, 1.54) is 29.2 Å². The minimum atomic E-state index is -4.04. The Balaban J connectivity index is 1.33. The Labute approximate surface area is 243 Å². The zero-order valence-corrected chi connectivity index (χ0v) is 23.4. The van der Waals surface area contributed by atoms with Crippen LogP contribution in [0.3, 0.4) is 0 Å². The highest BCUT2D eigenvalue weighted by Gasteiger charge is 2.25. The quantitative estimate of drug-likeness (QED) is 0.225. The number of rotatable bonds is 11. The Kier molecular flexibility index (Phi) is 9.99. The summed E-state index contributed by atoms with van der Waals surface area (Å²) in [6.07, 6.45) is 0.220. The molecule has 1 aliphatic heterocycles. The van der Waals surface area contributed by atoms with Crippen LogP contribution in [0.5, 0.6) is 11.5 Å². The molecule has 4 rings (SSSR count). The Morgan fingerprint density at radius 2 is 1.57 bits per heavy atom. The van der Waals surface area contributed by atoms with Crippen molar-refractivity contribution in [2.24, 2.45) is 5.92 Å². The highest BCUT2D eigenvalue weighted by molar-refractivity contribution is 7.92. The molecule has 12 nitrogen and oxygen atoms in total. The van der Waals surface area contributed by atoms with Gasteiger partial charge in [-0.15, -0.1) is 0 Å². The molecule has 0 saturated carbocycles. The summed E-state index contributed by atoms with van der Waals surface area (Å²) in [6, 6.07) is 19.4. The largest absolute Gasteiger partial charge is 0.465 e. The van der Waals surface area contributed by atoms with Crippen LogP contribution in [0.15, 0.2) is 83.8 Å². The fourth-order valence-electron chi connectivity index (χ4n) is 4.38. The van der Waals surface area contributed by atoms with Gasteiger partial charge >= 0.3 is 6.09 Å². The lowest BCUT2D eigenvalue weighted by Gasteiger charge is -2.30. The van der Waals surface area contributed by atoms with Crippen LogP contribution in [0.4, 0.5) is 10.5 Å². The van der Waals surface area contributed by atoms with Crippen molar-refractivity contribution in [2.45, 2.75) is 23.8 Å². The van der Waals surface area contributed by atoms with Crippen molar-refractivity contribution < 1.29 is 37.8 Å². The average Bonchev–Trinajstić information content (AvgIpc) is 3.00. The second-order valence-electron chi connectivity index (χ2n) is 9.71. The molecular weight excluding hydrogens is 564 g/mol. The lowest BCUT2D eigenvalue weighted by molar-refractivity contribution is -0.124. The molecule has 1 heterocycles. The van der Waals surface area contributed by atoms with Gasteiger partial charge in [0.15, 0.2) is 5.75 Å². The zero-order valence-electron chi connectivity index (χ0n) is 22.6. The molecule has 0 radical (unpaired) electrons. The first-order valence-electron chi connectivity index (χ1n) is 13.3. The van der Waals surface area contributed by atoms with E-state index in [1.807, 2.05) is 6.07 Å². The number of anilines is 1. The normalized spacial score (nSPS) is 14.5. The number of carbonyl (C=O) groups excluding carboxylic acids is 2. The first-order chi connectivity index (χ1) is 20.2. The first-order valence-corrected chi connectivity index (χ1v) is 14.8. The predicted molar refractivity (Wildman–Crippen MR) is 154 cm³/mol. The number of sulfonamides is 1. The number of benzene rings is 3. The van der Waals surface area contributed by atoms with Gasteiger partial charge in [0.1, 0.15) is 11.8 Å². The number of para-hydroxylation sites is 3. The van der Waals surface area contributed by atoms with Crippen LogP contribution in [0.25, 0.3) is 0 Å². The van der Waals surface area contributed by atoms with E-state index in [2.05, 4.69) is 15.4 Å². The first kappa shape index (κ1) is 30.3. The minimum absolute atomic E-state index is 0.0829. The highest BCUT2D eigenvalue weighted by atomic mass is 32.2. The Morgan fingerprint density at radius 3 is 2.21 bits per heavy atom. The summed E-state index contributed by atoms with van der Waals surface area (Å²) >= 11 is 0. The van der Waals surface area contributed by atoms with Crippen molar-refractivity contribution in [1.29, 1.82) is 0 Å². The number of nitrogens with one attached hydrogen (secondary N) is 3. The van der Waals surface area contributed by atoms with E-state index < -0.39 is 40.6 Å². The third-order valence-electron chi connectivity index (χ3n) is 6.78. The summed E-state index contributed by atoms with van der Waals surface area (Å²) in [5.41, 5.74) is 0.321. The molecule has 5 N–H and O–H groups in total. The topological polar surface area (TPSA) is 174 Å². The summed E-state index contributed by atoms with van der Waals surface area (Å²) in [4.78, 5) is 37.6. The van der Waals surface area contributed by atoms with Gasteiger partial charge in [-0.05, 0) is 67.3 Å². The van der Waals surface area contributed by atoms with Gasteiger partial charge in [-0.2, -0.15) is 0 Å². The molecule has 3 aromatic carbocycles. The highest BCUT2D eigenvalue weighted by Crippen LogP contribution is 2.31. The van der Waals surface area contributed by atoms with E-state index in [0.717, 1.165) is 0 Å². The summed E-state index contributed by atoms with van der Waals surface area (Å²) in [5.74, 6) is -0.318. The molecule has 0 bridgehead atoms. The number of aliphatic hydroxyl groups excluding tert-OH is 1. The van der Waals surface area contributed by atoms with E-state index in [0.29, 0.717) is 37.4 Å². The maximum atomic E-state index is 13.1. The molecule has 3 aromatic rings.